The second-order valence-corrected chi connectivity index (χ2v) is 6.45. The van der Waals surface area contributed by atoms with E-state index in [1.165, 1.54) is 32.2 Å². The van der Waals surface area contributed by atoms with Crippen LogP contribution >= 0.6 is 0 Å². The standard InChI is InChI=1S/C15H29N/c1-5-16(4)12(3)11(2)15-9-14(10-15)8-13-6-7-13/h11-15H,5-10H2,1-4H3. The zero-order valence-corrected chi connectivity index (χ0v) is 11.6. The predicted octanol–water partition coefficient (Wildman–Crippen LogP) is 3.79. The Labute approximate surface area is 102 Å². The predicted molar refractivity (Wildman–Crippen MR) is 70.5 cm³/mol. The van der Waals surface area contributed by atoms with Crippen molar-refractivity contribution in [3.05, 3.63) is 0 Å². The number of nitrogens with zero attached hydrogens (tertiary/aromatic N) is 1. The summed E-state index contributed by atoms with van der Waals surface area (Å²) >= 11 is 0. The van der Waals surface area contributed by atoms with Crippen molar-refractivity contribution in [2.45, 2.75) is 58.9 Å². The molecule has 0 aliphatic heterocycles. The molecule has 2 fully saturated rings. The van der Waals surface area contributed by atoms with Gasteiger partial charge in [-0.15, -0.1) is 0 Å². The maximum Gasteiger partial charge on any atom is 0.00920 e. The quantitative estimate of drug-likeness (QED) is 0.662. The molecular weight excluding hydrogens is 194 g/mol. The minimum absolute atomic E-state index is 0.761. The summed E-state index contributed by atoms with van der Waals surface area (Å²) < 4.78 is 0. The average molecular weight is 223 g/mol. The van der Waals surface area contributed by atoms with Gasteiger partial charge in [0, 0.05) is 6.04 Å². The monoisotopic (exact) mass is 223 g/mol. The van der Waals surface area contributed by atoms with Crippen molar-refractivity contribution in [2.75, 3.05) is 13.6 Å². The summed E-state index contributed by atoms with van der Waals surface area (Å²) in [5.74, 6) is 4.14. The molecule has 94 valence electrons. The lowest BCUT2D eigenvalue weighted by Crippen LogP contribution is -2.41. The zero-order chi connectivity index (χ0) is 11.7. The van der Waals surface area contributed by atoms with Crippen molar-refractivity contribution in [1.82, 2.24) is 4.90 Å². The van der Waals surface area contributed by atoms with Crippen LogP contribution in [-0.4, -0.2) is 24.5 Å². The summed E-state index contributed by atoms with van der Waals surface area (Å²) in [5.41, 5.74) is 0. The smallest absolute Gasteiger partial charge is 0.00920 e. The Morgan fingerprint density at radius 2 is 1.75 bits per heavy atom. The second kappa shape index (κ2) is 5.08. The highest BCUT2D eigenvalue weighted by Crippen LogP contribution is 2.47. The van der Waals surface area contributed by atoms with Crippen LogP contribution in [0.15, 0.2) is 0 Å². The second-order valence-electron chi connectivity index (χ2n) is 6.45. The van der Waals surface area contributed by atoms with Crippen LogP contribution in [-0.2, 0) is 0 Å². The van der Waals surface area contributed by atoms with E-state index in [1.807, 2.05) is 0 Å². The van der Waals surface area contributed by atoms with Crippen molar-refractivity contribution < 1.29 is 0 Å². The summed E-state index contributed by atoms with van der Waals surface area (Å²) in [6.07, 6.45) is 7.68. The molecule has 0 aromatic carbocycles. The van der Waals surface area contributed by atoms with Gasteiger partial charge in [-0.3, -0.25) is 0 Å². The van der Waals surface area contributed by atoms with Gasteiger partial charge in [0.2, 0.25) is 0 Å². The van der Waals surface area contributed by atoms with E-state index in [0.29, 0.717) is 0 Å². The summed E-state index contributed by atoms with van der Waals surface area (Å²) in [4.78, 5) is 2.50. The summed E-state index contributed by atoms with van der Waals surface area (Å²) in [6.45, 7) is 8.32. The third-order valence-electron chi connectivity index (χ3n) is 5.33. The fraction of sp³-hybridized carbons (Fsp3) is 1.00. The summed E-state index contributed by atoms with van der Waals surface area (Å²) in [7, 11) is 2.27. The van der Waals surface area contributed by atoms with E-state index in [-0.39, 0.29) is 0 Å². The maximum atomic E-state index is 2.50. The van der Waals surface area contributed by atoms with Crippen molar-refractivity contribution in [2.24, 2.45) is 23.7 Å². The Morgan fingerprint density at radius 1 is 1.12 bits per heavy atom. The van der Waals surface area contributed by atoms with Gasteiger partial charge >= 0.3 is 0 Å². The van der Waals surface area contributed by atoms with Gasteiger partial charge in [-0.25, -0.2) is 0 Å². The van der Waals surface area contributed by atoms with Crippen molar-refractivity contribution >= 4 is 0 Å². The number of hydrogen-bond donors (Lipinski definition) is 0. The first-order valence-electron chi connectivity index (χ1n) is 7.32. The molecule has 2 unspecified atom stereocenters. The van der Waals surface area contributed by atoms with Crippen LogP contribution in [0, 0.1) is 23.7 Å². The summed E-state index contributed by atoms with van der Waals surface area (Å²) in [6, 6.07) is 0.761. The molecular formula is C15H29N. The molecule has 0 amide bonds. The molecule has 2 saturated carbocycles. The maximum absolute atomic E-state index is 2.50. The van der Waals surface area contributed by atoms with Gasteiger partial charge in [-0.05, 0) is 63.5 Å². The van der Waals surface area contributed by atoms with Gasteiger partial charge in [0.15, 0.2) is 0 Å². The van der Waals surface area contributed by atoms with Crippen LogP contribution in [0.3, 0.4) is 0 Å². The Kier molecular flexibility index (Phi) is 3.94. The highest BCUT2D eigenvalue weighted by molar-refractivity contribution is 4.89. The van der Waals surface area contributed by atoms with Gasteiger partial charge in [-0.1, -0.05) is 26.7 Å². The largest absolute Gasteiger partial charge is 0.304 e. The summed E-state index contributed by atoms with van der Waals surface area (Å²) in [5, 5.41) is 0. The van der Waals surface area contributed by atoms with Crippen LogP contribution in [0.25, 0.3) is 0 Å². The Bertz CT molecular complexity index is 215. The molecule has 0 heterocycles. The van der Waals surface area contributed by atoms with E-state index in [0.717, 1.165) is 29.7 Å². The normalized spacial score (nSPS) is 33.6. The van der Waals surface area contributed by atoms with Crippen LogP contribution in [0.2, 0.25) is 0 Å². The van der Waals surface area contributed by atoms with Gasteiger partial charge in [0.05, 0.1) is 0 Å². The van der Waals surface area contributed by atoms with E-state index in [9.17, 15) is 0 Å². The SMILES string of the molecule is CCN(C)C(C)C(C)C1CC(CC2CC2)C1. The first-order chi connectivity index (χ1) is 7.61. The van der Waals surface area contributed by atoms with Gasteiger partial charge in [0.25, 0.3) is 0 Å². The molecule has 0 aromatic rings. The Morgan fingerprint density at radius 3 is 2.25 bits per heavy atom. The van der Waals surface area contributed by atoms with E-state index < -0.39 is 0 Å². The van der Waals surface area contributed by atoms with E-state index >= 15 is 0 Å². The molecule has 0 saturated heterocycles. The topological polar surface area (TPSA) is 3.24 Å². The van der Waals surface area contributed by atoms with Crippen molar-refractivity contribution in [3.8, 4) is 0 Å². The Hall–Kier alpha value is -0.0400. The molecule has 0 N–H and O–H groups in total. The van der Waals surface area contributed by atoms with Crippen molar-refractivity contribution in [1.29, 1.82) is 0 Å². The van der Waals surface area contributed by atoms with Gasteiger partial charge in [0.1, 0.15) is 0 Å². The molecule has 2 aliphatic rings. The molecule has 2 aliphatic carbocycles. The first kappa shape index (κ1) is 12.4. The molecule has 0 radical (unpaired) electrons. The van der Waals surface area contributed by atoms with Crippen LogP contribution in [0.4, 0.5) is 0 Å². The molecule has 1 nitrogen and oxygen atoms in total. The fourth-order valence-electron chi connectivity index (χ4n) is 3.32. The third kappa shape index (κ3) is 2.80. The third-order valence-corrected chi connectivity index (χ3v) is 5.33. The lowest BCUT2D eigenvalue weighted by atomic mass is 9.65. The highest BCUT2D eigenvalue weighted by atomic mass is 15.1. The Balaban J connectivity index is 1.68. The minimum Gasteiger partial charge on any atom is -0.304 e. The van der Waals surface area contributed by atoms with Crippen LogP contribution < -0.4 is 0 Å². The molecule has 2 atom stereocenters. The van der Waals surface area contributed by atoms with Gasteiger partial charge < -0.3 is 4.90 Å². The molecule has 1 heteroatoms. The van der Waals surface area contributed by atoms with E-state index in [1.54, 1.807) is 6.42 Å². The fourth-order valence-corrected chi connectivity index (χ4v) is 3.32. The van der Waals surface area contributed by atoms with Crippen LogP contribution in [0.5, 0.6) is 0 Å². The van der Waals surface area contributed by atoms with Crippen molar-refractivity contribution in [3.63, 3.8) is 0 Å². The van der Waals surface area contributed by atoms with Gasteiger partial charge in [-0.2, -0.15) is 0 Å². The van der Waals surface area contributed by atoms with E-state index in [2.05, 4.69) is 32.7 Å². The zero-order valence-electron chi connectivity index (χ0n) is 11.6. The molecule has 0 bridgehead atoms. The van der Waals surface area contributed by atoms with Crippen LogP contribution in [0.1, 0.15) is 52.9 Å². The number of hydrogen-bond acceptors (Lipinski definition) is 1. The highest BCUT2D eigenvalue weighted by Gasteiger charge is 2.38. The average Bonchev–Trinajstić information content (AvgIpc) is 3.03. The molecule has 16 heavy (non-hydrogen) atoms. The molecule has 0 spiro atoms. The molecule has 0 aromatic heterocycles. The minimum atomic E-state index is 0.761. The lowest BCUT2D eigenvalue weighted by molar-refractivity contribution is 0.0673. The first-order valence-corrected chi connectivity index (χ1v) is 7.32. The molecule has 2 rings (SSSR count). The lowest BCUT2D eigenvalue weighted by Gasteiger charge is -2.43. The number of rotatable bonds is 6. The van der Waals surface area contributed by atoms with E-state index in [4.69, 9.17) is 0 Å².